The van der Waals surface area contributed by atoms with Crippen molar-refractivity contribution in [2.75, 3.05) is 29.5 Å². The molecular formula is C28H27N5O2. The van der Waals surface area contributed by atoms with Gasteiger partial charge in [0.25, 0.3) is 5.56 Å². The Morgan fingerprint density at radius 2 is 1.91 bits per heavy atom. The molecule has 176 valence electrons. The predicted octanol–water partition coefficient (Wildman–Crippen LogP) is 3.51. The van der Waals surface area contributed by atoms with E-state index >= 15 is 0 Å². The number of pyridine rings is 2. The number of fused-ring (bicyclic) bond motifs is 2. The minimum absolute atomic E-state index is 0.0276. The van der Waals surface area contributed by atoms with E-state index in [9.17, 15) is 9.59 Å². The van der Waals surface area contributed by atoms with Gasteiger partial charge in [-0.25, -0.2) is 9.66 Å². The number of anilines is 2. The van der Waals surface area contributed by atoms with E-state index in [0.29, 0.717) is 12.1 Å². The average molecular weight is 466 g/mol. The molecule has 0 spiro atoms. The number of hydrogen-bond acceptors (Lipinski definition) is 5. The highest BCUT2D eigenvalue weighted by Gasteiger charge is 2.27. The summed E-state index contributed by atoms with van der Waals surface area (Å²) < 4.78 is 1.74. The molecule has 2 aliphatic heterocycles. The Kier molecular flexibility index (Phi) is 5.06. The van der Waals surface area contributed by atoms with Gasteiger partial charge in [-0.1, -0.05) is 30.3 Å². The minimum Gasteiger partial charge on any atom is -0.369 e. The van der Waals surface area contributed by atoms with Gasteiger partial charge in [-0.2, -0.15) is 0 Å². The van der Waals surface area contributed by atoms with Crippen molar-refractivity contribution < 1.29 is 4.79 Å². The molecule has 6 rings (SSSR count). The Labute approximate surface area is 203 Å². The molecule has 0 bridgehead atoms. The van der Waals surface area contributed by atoms with Crippen LogP contribution < -0.4 is 21.2 Å². The zero-order valence-electron chi connectivity index (χ0n) is 19.6. The van der Waals surface area contributed by atoms with Crippen LogP contribution in [-0.4, -0.2) is 35.2 Å². The number of amides is 1. The zero-order chi connectivity index (χ0) is 24.1. The molecule has 7 nitrogen and oxygen atoms in total. The fourth-order valence-electron chi connectivity index (χ4n) is 5.36. The highest BCUT2D eigenvalue weighted by atomic mass is 16.1. The second kappa shape index (κ2) is 8.27. The molecule has 1 saturated heterocycles. The van der Waals surface area contributed by atoms with Crippen LogP contribution in [0.5, 0.6) is 0 Å². The van der Waals surface area contributed by atoms with E-state index in [1.165, 1.54) is 5.56 Å². The molecule has 1 unspecified atom stereocenters. The van der Waals surface area contributed by atoms with Crippen molar-refractivity contribution in [3.63, 3.8) is 0 Å². The Morgan fingerprint density at radius 1 is 1.06 bits per heavy atom. The summed E-state index contributed by atoms with van der Waals surface area (Å²) in [6.07, 6.45) is 5.40. The van der Waals surface area contributed by atoms with E-state index in [0.717, 1.165) is 59.3 Å². The molecule has 1 fully saturated rings. The summed E-state index contributed by atoms with van der Waals surface area (Å²) in [6, 6.07) is 18.4. The molecule has 0 aliphatic carbocycles. The van der Waals surface area contributed by atoms with Crippen molar-refractivity contribution in [1.29, 1.82) is 0 Å². The lowest BCUT2D eigenvalue weighted by molar-refractivity contribution is -0.121. The fourth-order valence-corrected chi connectivity index (χ4v) is 5.36. The van der Waals surface area contributed by atoms with Crippen LogP contribution in [0.4, 0.5) is 11.5 Å². The van der Waals surface area contributed by atoms with Gasteiger partial charge in [-0.05, 0) is 66.1 Å². The standard InChI is InChI=1S/C28H27N5O2/c1-18-8-12-33(32-13-10-19-4-2-3-5-24(19)32)28(35)26(18)21-7-6-20-15-25(30-16-23(20)14-21)31-11-9-22(17-31)27(29)34/h2-8,12,14-16,22H,9-11,13,17H2,1H3,(H2,29,34). The van der Waals surface area contributed by atoms with Crippen molar-refractivity contribution in [1.82, 2.24) is 9.66 Å². The first-order valence-electron chi connectivity index (χ1n) is 12.0. The van der Waals surface area contributed by atoms with Gasteiger partial charge >= 0.3 is 0 Å². The molecule has 2 aromatic heterocycles. The second-order valence-electron chi connectivity index (χ2n) is 9.46. The Hall–Kier alpha value is -4.13. The van der Waals surface area contributed by atoms with E-state index in [-0.39, 0.29) is 17.4 Å². The monoisotopic (exact) mass is 465 g/mol. The van der Waals surface area contributed by atoms with E-state index < -0.39 is 0 Å². The second-order valence-corrected chi connectivity index (χ2v) is 9.46. The largest absolute Gasteiger partial charge is 0.369 e. The Morgan fingerprint density at radius 3 is 2.74 bits per heavy atom. The molecule has 2 N–H and O–H groups in total. The van der Waals surface area contributed by atoms with E-state index in [1.807, 2.05) is 61.8 Å². The molecule has 4 aromatic rings. The van der Waals surface area contributed by atoms with Gasteiger partial charge in [0.1, 0.15) is 5.82 Å². The van der Waals surface area contributed by atoms with Crippen LogP contribution in [0.15, 0.2) is 71.8 Å². The van der Waals surface area contributed by atoms with Crippen molar-refractivity contribution in [3.05, 3.63) is 88.5 Å². The number of carbonyl (C=O) groups excluding carboxylic acids is 1. The van der Waals surface area contributed by atoms with Gasteiger partial charge in [0.2, 0.25) is 5.91 Å². The van der Waals surface area contributed by atoms with Crippen LogP contribution in [0.2, 0.25) is 0 Å². The summed E-state index contributed by atoms with van der Waals surface area (Å²) in [5.41, 5.74) is 10.3. The average Bonchev–Trinajstić information content (AvgIpc) is 3.52. The summed E-state index contributed by atoms with van der Waals surface area (Å²) in [5.74, 6) is 0.472. The SMILES string of the molecule is Cc1ccn(N2CCc3ccccc32)c(=O)c1-c1ccc2cc(N3CCC(C(N)=O)C3)ncc2c1. The maximum absolute atomic E-state index is 13.7. The van der Waals surface area contributed by atoms with Gasteiger partial charge in [-0.3, -0.25) is 14.6 Å². The van der Waals surface area contributed by atoms with E-state index in [4.69, 9.17) is 5.73 Å². The molecule has 35 heavy (non-hydrogen) atoms. The predicted molar refractivity (Wildman–Crippen MR) is 139 cm³/mol. The number of primary amides is 1. The molecule has 0 radical (unpaired) electrons. The van der Waals surface area contributed by atoms with Crippen LogP contribution in [0.25, 0.3) is 21.9 Å². The van der Waals surface area contributed by atoms with Crippen molar-refractivity contribution in [2.45, 2.75) is 19.8 Å². The normalized spacial score (nSPS) is 17.2. The Balaban J connectivity index is 1.36. The van der Waals surface area contributed by atoms with Crippen molar-refractivity contribution in [2.24, 2.45) is 11.7 Å². The van der Waals surface area contributed by atoms with Crippen molar-refractivity contribution >= 4 is 28.2 Å². The third kappa shape index (κ3) is 3.64. The lowest BCUT2D eigenvalue weighted by Crippen LogP contribution is -2.37. The first-order valence-corrected chi connectivity index (χ1v) is 12.0. The zero-order valence-corrected chi connectivity index (χ0v) is 19.6. The fraction of sp³-hybridized carbons (Fsp3) is 0.250. The number of aryl methyl sites for hydroxylation is 1. The highest BCUT2D eigenvalue weighted by molar-refractivity contribution is 5.89. The van der Waals surface area contributed by atoms with E-state index in [1.54, 1.807) is 4.68 Å². The summed E-state index contributed by atoms with van der Waals surface area (Å²) in [7, 11) is 0. The lowest BCUT2D eigenvalue weighted by atomic mass is 10.00. The number of aromatic nitrogens is 2. The van der Waals surface area contributed by atoms with Gasteiger partial charge in [0.05, 0.1) is 17.2 Å². The topological polar surface area (TPSA) is 84.5 Å². The summed E-state index contributed by atoms with van der Waals surface area (Å²) in [4.78, 5) is 32.0. The maximum atomic E-state index is 13.7. The summed E-state index contributed by atoms with van der Waals surface area (Å²) in [5, 5.41) is 4.08. The van der Waals surface area contributed by atoms with E-state index in [2.05, 4.69) is 27.0 Å². The molecule has 0 saturated carbocycles. The van der Waals surface area contributed by atoms with Gasteiger partial charge < -0.3 is 10.6 Å². The van der Waals surface area contributed by atoms with Crippen LogP contribution >= 0.6 is 0 Å². The summed E-state index contributed by atoms with van der Waals surface area (Å²) in [6.45, 7) is 4.13. The third-order valence-electron chi connectivity index (χ3n) is 7.32. The van der Waals surface area contributed by atoms with Crippen LogP contribution in [0.1, 0.15) is 17.5 Å². The van der Waals surface area contributed by atoms with Crippen LogP contribution in [0.3, 0.4) is 0 Å². The lowest BCUT2D eigenvalue weighted by Gasteiger charge is -2.23. The maximum Gasteiger partial charge on any atom is 0.277 e. The number of benzene rings is 2. The number of nitrogens with zero attached hydrogens (tertiary/aromatic N) is 4. The van der Waals surface area contributed by atoms with Crippen molar-refractivity contribution in [3.8, 4) is 11.1 Å². The smallest absolute Gasteiger partial charge is 0.277 e. The molecule has 2 aromatic carbocycles. The quantitative estimate of drug-likeness (QED) is 0.499. The minimum atomic E-state index is -0.251. The molecule has 4 heterocycles. The van der Waals surface area contributed by atoms with Crippen LogP contribution in [-0.2, 0) is 11.2 Å². The van der Waals surface area contributed by atoms with Crippen LogP contribution in [0, 0.1) is 12.8 Å². The van der Waals surface area contributed by atoms with Gasteiger partial charge in [-0.15, -0.1) is 0 Å². The molecule has 1 amide bonds. The Bertz CT molecular complexity index is 1530. The summed E-state index contributed by atoms with van der Waals surface area (Å²) >= 11 is 0. The number of hydrogen-bond donors (Lipinski definition) is 1. The van der Waals surface area contributed by atoms with Gasteiger partial charge in [0.15, 0.2) is 0 Å². The number of rotatable bonds is 4. The molecular weight excluding hydrogens is 438 g/mol. The van der Waals surface area contributed by atoms with Gasteiger partial charge in [0, 0.05) is 37.4 Å². The molecule has 1 atom stereocenters. The number of carbonyl (C=O) groups is 1. The number of nitrogens with two attached hydrogens (primary N) is 1. The molecule has 7 heteroatoms. The first kappa shape index (κ1) is 21.4. The molecule has 2 aliphatic rings. The first-order chi connectivity index (χ1) is 17.0. The third-order valence-corrected chi connectivity index (χ3v) is 7.32. The highest BCUT2D eigenvalue weighted by Crippen LogP contribution is 2.30. The number of para-hydroxylation sites is 1.